The Morgan fingerprint density at radius 2 is 2.30 bits per heavy atom. The number of benzene rings is 1. The van der Waals surface area contributed by atoms with Crippen LogP contribution in [0.3, 0.4) is 0 Å². The van der Waals surface area contributed by atoms with E-state index in [1.807, 2.05) is 18.2 Å². The normalized spacial score (nSPS) is 21.6. The van der Waals surface area contributed by atoms with Gasteiger partial charge < -0.3 is 15.8 Å². The quantitative estimate of drug-likeness (QED) is 0.785. The van der Waals surface area contributed by atoms with Crippen LogP contribution >= 0.6 is 0 Å². The van der Waals surface area contributed by atoms with Crippen LogP contribution in [0, 0.1) is 11.8 Å². The van der Waals surface area contributed by atoms with E-state index in [0.29, 0.717) is 30.4 Å². The molecule has 1 amide bonds. The van der Waals surface area contributed by atoms with Crippen molar-refractivity contribution >= 4 is 11.6 Å². The molecule has 4 heteroatoms. The third-order valence-corrected chi connectivity index (χ3v) is 4.06. The molecule has 0 aliphatic heterocycles. The van der Waals surface area contributed by atoms with Crippen molar-refractivity contribution in [3.05, 3.63) is 24.3 Å². The first-order valence-electron chi connectivity index (χ1n) is 7.40. The number of hydrogen-bond acceptors (Lipinski definition) is 3. The third kappa shape index (κ3) is 4.44. The van der Waals surface area contributed by atoms with Crippen LogP contribution in [0.15, 0.2) is 24.3 Å². The Bertz CT molecular complexity index is 448. The van der Waals surface area contributed by atoms with E-state index in [1.165, 1.54) is 19.3 Å². The molecule has 0 aromatic heterocycles. The predicted molar refractivity (Wildman–Crippen MR) is 80.5 cm³/mol. The summed E-state index contributed by atoms with van der Waals surface area (Å²) in [6.07, 6.45) is 4.20. The van der Waals surface area contributed by atoms with Gasteiger partial charge in [0.15, 0.2) is 0 Å². The number of rotatable bonds is 6. The van der Waals surface area contributed by atoms with E-state index in [2.05, 4.69) is 12.2 Å². The lowest BCUT2D eigenvalue weighted by atomic mass is 9.98. The Hall–Kier alpha value is -1.71. The van der Waals surface area contributed by atoms with Gasteiger partial charge in [-0.1, -0.05) is 25.8 Å². The fraction of sp³-hybridized carbons (Fsp3) is 0.562. The van der Waals surface area contributed by atoms with E-state index < -0.39 is 0 Å². The third-order valence-electron chi connectivity index (χ3n) is 4.06. The molecule has 2 rings (SSSR count). The first-order valence-corrected chi connectivity index (χ1v) is 7.40. The monoisotopic (exact) mass is 276 g/mol. The number of ether oxygens (including phenoxy) is 1. The molecule has 0 saturated heterocycles. The van der Waals surface area contributed by atoms with Gasteiger partial charge >= 0.3 is 0 Å². The molecule has 0 spiro atoms. The van der Waals surface area contributed by atoms with Crippen molar-refractivity contribution in [2.24, 2.45) is 11.8 Å². The molecule has 20 heavy (non-hydrogen) atoms. The van der Waals surface area contributed by atoms with Gasteiger partial charge in [-0.15, -0.1) is 0 Å². The summed E-state index contributed by atoms with van der Waals surface area (Å²) in [5.74, 6) is 2.16. The highest BCUT2D eigenvalue weighted by Gasteiger charge is 2.23. The van der Waals surface area contributed by atoms with Crippen LogP contribution in [-0.4, -0.2) is 19.1 Å². The number of nitrogens with two attached hydrogens (primary N) is 1. The minimum atomic E-state index is 0.0630. The zero-order valence-electron chi connectivity index (χ0n) is 12.1. The standard InChI is InChI=1S/C16H24N2O2/c1-12-4-2-5-13(12)11-18-16(19)8-9-20-15-7-3-6-14(17)10-15/h3,6-7,10,12-13H,2,4-5,8-9,11,17H2,1H3,(H,18,19). The maximum Gasteiger partial charge on any atom is 0.223 e. The molecule has 1 aliphatic rings. The molecule has 1 aliphatic carbocycles. The summed E-state index contributed by atoms with van der Waals surface area (Å²) in [6, 6.07) is 7.25. The summed E-state index contributed by atoms with van der Waals surface area (Å²) in [4.78, 5) is 11.7. The second-order valence-electron chi connectivity index (χ2n) is 5.64. The highest BCUT2D eigenvalue weighted by molar-refractivity contribution is 5.76. The van der Waals surface area contributed by atoms with Gasteiger partial charge in [0.1, 0.15) is 5.75 Å². The van der Waals surface area contributed by atoms with Crippen molar-refractivity contribution in [3.8, 4) is 5.75 Å². The minimum absolute atomic E-state index is 0.0630. The lowest BCUT2D eigenvalue weighted by molar-refractivity contribution is -0.121. The molecule has 1 aromatic carbocycles. The van der Waals surface area contributed by atoms with Crippen LogP contribution in [0.5, 0.6) is 5.75 Å². The molecule has 2 unspecified atom stereocenters. The topological polar surface area (TPSA) is 64.3 Å². The van der Waals surface area contributed by atoms with Gasteiger partial charge in [0.25, 0.3) is 0 Å². The van der Waals surface area contributed by atoms with Crippen LogP contribution < -0.4 is 15.8 Å². The van der Waals surface area contributed by atoms with Crippen LogP contribution in [0.2, 0.25) is 0 Å². The van der Waals surface area contributed by atoms with Crippen LogP contribution in [-0.2, 0) is 4.79 Å². The summed E-state index contributed by atoms with van der Waals surface area (Å²) >= 11 is 0. The maximum absolute atomic E-state index is 11.7. The molecule has 0 bridgehead atoms. The van der Waals surface area contributed by atoms with Gasteiger partial charge in [-0.2, -0.15) is 0 Å². The Morgan fingerprint density at radius 3 is 3.00 bits per heavy atom. The molecule has 4 nitrogen and oxygen atoms in total. The second kappa shape index (κ2) is 7.17. The summed E-state index contributed by atoms with van der Waals surface area (Å²) in [7, 11) is 0. The average molecular weight is 276 g/mol. The van der Waals surface area contributed by atoms with E-state index in [1.54, 1.807) is 6.07 Å². The molecule has 1 saturated carbocycles. The predicted octanol–water partition coefficient (Wildman–Crippen LogP) is 2.59. The summed E-state index contributed by atoms with van der Waals surface area (Å²) < 4.78 is 5.51. The molecule has 110 valence electrons. The zero-order valence-corrected chi connectivity index (χ0v) is 12.1. The van der Waals surface area contributed by atoms with E-state index in [-0.39, 0.29) is 5.91 Å². The minimum Gasteiger partial charge on any atom is -0.493 e. The Kier molecular flexibility index (Phi) is 5.27. The number of hydrogen-bond donors (Lipinski definition) is 2. The zero-order chi connectivity index (χ0) is 14.4. The molecule has 1 fully saturated rings. The molecule has 0 radical (unpaired) electrons. The molecule has 3 N–H and O–H groups in total. The lowest BCUT2D eigenvalue weighted by Crippen LogP contribution is -2.31. The van der Waals surface area contributed by atoms with Gasteiger partial charge in [0, 0.05) is 18.3 Å². The van der Waals surface area contributed by atoms with Crippen LogP contribution in [0.1, 0.15) is 32.6 Å². The van der Waals surface area contributed by atoms with Gasteiger partial charge in [0.05, 0.1) is 13.0 Å². The molecular weight excluding hydrogens is 252 g/mol. The second-order valence-corrected chi connectivity index (χ2v) is 5.64. The molecule has 0 heterocycles. The number of carbonyl (C=O) groups is 1. The van der Waals surface area contributed by atoms with Crippen LogP contribution in [0.4, 0.5) is 5.69 Å². The number of nitrogens with one attached hydrogen (secondary N) is 1. The Morgan fingerprint density at radius 1 is 1.45 bits per heavy atom. The highest BCUT2D eigenvalue weighted by Crippen LogP contribution is 2.30. The average Bonchev–Trinajstić information content (AvgIpc) is 2.82. The van der Waals surface area contributed by atoms with Crippen LogP contribution in [0.25, 0.3) is 0 Å². The van der Waals surface area contributed by atoms with Gasteiger partial charge in [-0.05, 0) is 30.4 Å². The highest BCUT2D eigenvalue weighted by atomic mass is 16.5. The van der Waals surface area contributed by atoms with Crippen molar-refractivity contribution < 1.29 is 9.53 Å². The smallest absolute Gasteiger partial charge is 0.223 e. The van der Waals surface area contributed by atoms with Crippen molar-refractivity contribution in [1.29, 1.82) is 0 Å². The van der Waals surface area contributed by atoms with Crippen molar-refractivity contribution in [1.82, 2.24) is 5.32 Å². The largest absolute Gasteiger partial charge is 0.493 e. The molecule has 1 aromatic rings. The van der Waals surface area contributed by atoms with Gasteiger partial charge in [-0.25, -0.2) is 0 Å². The van der Waals surface area contributed by atoms with E-state index in [9.17, 15) is 4.79 Å². The fourth-order valence-corrected chi connectivity index (χ4v) is 2.72. The number of amides is 1. The number of carbonyl (C=O) groups excluding carboxylic acids is 1. The fourth-order valence-electron chi connectivity index (χ4n) is 2.72. The maximum atomic E-state index is 11.7. The Labute approximate surface area is 120 Å². The van der Waals surface area contributed by atoms with E-state index >= 15 is 0 Å². The van der Waals surface area contributed by atoms with Crippen molar-refractivity contribution in [2.75, 3.05) is 18.9 Å². The Balaban J connectivity index is 1.63. The lowest BCUT2D eigenvalue weighted by Gasteiger charge is -2.16. The summed E-state index contributed by atoms with van der Waals surface area (Å²) in [5.41, 5.74) is 6.33. The van der Waals surface area contributed by atoms with Gasteiger partial charge in [-0.3, -0.25) is 4.79 Å². The molecule has 2 atom stereocenters. The summed E-state index contributed by atoms with van der Waals surface area (Å²) in [6.45, 7) is 3.46. The number of nitrogen functional groups attached to an aromatic ring is 1. The van der Waals surface area contributed by atoms with Crippen molar-refractivity contribution in [3.63, 3.8) is 0 Å². The first kappa shape index (κ1) is 14.7. The first-order chi connectivity index (χ1) is 9.65. The van der Waals surface area contributed by atoms with E-state index in [4.69, 9.17) is 10.5 Å². The SMILES string of the molecule is CC1CCCC1CNC(=O)CCOc1cccc(N)c1. The van der Waals surface area contributed by atoms with E-state index in [0.717, 1.165) is 12.5 Å². The molecular formula is C16H24N2O2. The number of anilines is 1. The van der Waals surface area contributed by atoms with Crippen molar-refractivity contribution in [2.45, 2.75) is 32.6 Å². The van der Waals surface area contributed by atoms with Gasteiger partial charge in [0.2, 0.25) is 5.91 Å². The summed E-state index contributed by atoms with van der Waals surface area (Å²) in [5, 5.41) is 3.01.